The quantitative estimate of drug-likeness (QED) is 0.285. The molecule has 0 amide bonds. The SMILES string of the molecule is CN=C(NCCc1c(C)[nH]c2ccccc12)NCc1ccc(OC)cc1.I. The first-order chi connectivity index (χ1) is 12.7. The zero-order valence-electron chi connectivity index (χ0n) is 16.0. The molecule has 0 saturated carbocycles. The molecule has 1 aromatic heterocycles. The summed E-state index contributed by atoms with van der Waals surface area (Å²) in [6.07, 6.45) is 0.944. The molecule has 0 spiro atoms. The molecule has 0 aliphatic rings. The van der Waals surface area contributed by atoms with Crippen LogP contribution in [0.2, 0.25) is 0 Å². The number of methoxy groups -OCH3 is 1. The van der Waals surface area contributed by atoms with Gasteiger partial charge in [0.05, 0.1) is 7.11 Å². The molecule has 27 heavy (non-hydrogen) atoms. The molecule has 2 aromatic carbocycles. The van der Waals surface area contributed by atoms with E-state index in [0.717, 1.165) is 31.2 Å². The number of aliphatic imine (C=N–C) groups is 1. The van der Waals surface area contributed by atoms with Gasteiger partial charge in [0.1, 0.15) is 5.75 Å². The summed E-state index contributed by atoms with van der Waals surface area (Å²) in [5.74, 6) is 1.67. The number of para-hydroxylation sites is 1. The van der Waals surface area contributed by atoms with Crippen LogP contribution in [0.25, 0.3) is 10.9 Å². The summed E-state index contributed by atoms with van der Waals surface area (Å²) < 4.78 is 5.19. The molecule has 3 rings (SSSR count). The third-order valence-corrected chi connectivity index (χ3v) is 4.54. The van der Waals surface area contributed by atoms with Crippen molar-refractivity contribution in [3.8, 4) is 5.75 Å². The van der Waals surface area contributed by atoms with Gasteiger partial charge in [-0.2, -0.15) is 0 Å². The number of nitrogens with zero attached hydrogens (tertiary/aromatic N) is 1. The number of ether oxygens (including phenoxy) is 1. The maximum absolute atomic E-state index is 5.19. The van der Waals surface area contributed by atoms with E-state index in [9.17, 15) is 0 Å². The number of rotatable bonds is 6. The molecular formula is C21H27IN4O. The summed E-state index contributed by atoms with van der Waals surface area (Å²) in [5.41, 5.74) is 4.97. The van der Waals surface area contributed by atoms with Crippen molar-refractivity contribution in [3.05, 3.63) is 65.4 Å². The molecule has 5 nitrogen and oxygen atoms in total. The van der Waals surface area contributed by atoms with Gasteiger partial charge in [0.25, 0.3) is 0 Å². The van der Waals surface area contributed by atoms with E-state index in [4.69, 9.17) is 4.74 Å². The number of aromatic amines is 1. The maximum Gasteiger partial charge on any atom is 0.191 e. The second-order valence-electron chi connectivity index (χ2n) is 6.22. The fourth-order valence-electron chi connectivity index (χ4n) is 3.11. The van der Waals surface area contributed by atoms with Gasteiger partial charge in [0.2, 0.25) is 0 Å². The van der Waals surface area contributed by atoms with Gasteiger partial charge < -0.3 is 20.4 Å². The largest absolute Gasteiger partial charge is 0.497 e. The lowest BCUT2D eigenvalue weighted by Crippen LogP contribution is -2.37. The first-order valence-corrected chi connectivity index (χ1v) is 8.85. The Kier molecular flexibility index (Phi) is 7.97. The number of fused-ring (bicyclic) bond motifs is 1. The highest BCUT2D eigenvalue weighted by molar-refractivity contribution is 14.0. The Bertz CT molecular complexity index is 887. The zero-order chi connectivity index (χ0) is 18.4. The van der Waals surface area contributed by atoms with Gasteiger partial charge in [-0.3, -0.25) is 4.99 Å². The molecule has 3 N–H and O–H groups in total. The van der Waals surface area contributed by atoms with Gasteiger partial charge in [-0.1, -0.05) is 30.3 Å². The average molecular weight is 478 g/mol. The van der Waals surface area contributed by atoms with E-state index in [0.29, 0.717) is 0 Å². The Morgan fingerprint density at radius 1 is 1.07 bits per heavy atom. The summed E-state index contributed by atoms with van der Waals surface area (Å²) in [7, 11) is 3.47. The Hall–Kier alpha value is -2.22. The molecule has 1 heterocycles. The van der Waals surface area contributed by atoms with Crippen LogP contribution in [0.3, 0.4) is 0 Å². The number of benzene rings is 2. The Morgan fingerprint density at radius 2 is 1.81 bits per heavy atom. The molecule has 3 aromatic rings. The van der Waals surface area contributed by atoms with E-state index in [1.54, 1.807) is 14.2 Å². The lowest BCUT2D eigenvalue weighted by atomic mass is 10.1. The average Bonchev–Trinajstić information content (AvgIpc) is 3.00. The van der Waals surface area contributed by atoms with Crippen molar-refractivity contribution in [2.24, 2.45) is 4.99 Å². The van der Waals surface area contributed by atoms with Crippen LogP contribution in [0.4, 0.5) is 0 Å². The summed E-state index contributed by atoms with van der Waals surface area (Å²) in [6.45, 7) is 3.67. The summed E-state index contributed by atoms with van der Waals surface area (Å²) in [5, 5.41) is 8.04. The standard InChI is InChI=1S/C21H26N4O.HI/c1-15-18(19-6-4-5-7-20(19)25-15)12-13-23-21(22-2)24-14-16-8-10-17(26-3)11-9-16;/h4-11,25H,12-14H2,1-3H3,(H2,22,23,24);1H. The van der Waals surface area contributed by atoms with Crippen molar-refractivity contribution >= 4 is 40.8 Å². The predicted molar refractivity (Wildman–Crippen MR) is 123 cm³/mol. The van der Waals surface area contributed by atoms with Crippen molar-refractivity contribution in [2.45, 2.75) is 19.9 Å². The minimum Gasteiger partial charge on any atom is -0.497 e. The fraction of sp³-hybridized carbons (Fsp3) is 0.286. The maximum atomic E-state index is 5.19. The highest BCUT2D eigenvalue weighted by Gasteiger charge is 2.07. The van der Waals surface area contributed by atoms with Crippen molar-refractivity contribution in [1.82, 2.24) is 15.6 Å². The predicted octanol–water partition coefficient (Wildman–Crippen LogP) is 4.01. The van der Waals surface area contributed by atoms with Crippen LogP contribution in [0.5, 0.6) is 5.75 Å². The lowest BCUT2D eigenvalue weighted by Gasteiger charge is -2.12. The number of aryl methyl sites for hydroxylation is 1. The van der Waals surface area contributed by atoms with Crippen LogP contribution in [-0.2, 0) is 13.0 Å². The Balaban J connectivity index is 0.00000261. The van der Waals surface area contributed by atoms with Gasteiger partial charge in [-0.15, -0.1) is 24.0 Å². The van der Waals surface area contributed by atoms with E-state index in [1.807, 2.05) is 12.1 Å². The number of nitrogens with one attached hydrogen (secondary N) is 3. The normalized spacial score (nSPS) is 11.1. The van der Waals surface area contributed by atoms with Crippen LogP contribution >= 0.6 is 24.0 Å². The second kappa shape index (κ2) is 10.2. The minimum atomic E-state index is 0. The molecule has 0 aliphatic carbocycles. The third kappa shape index (κ3) is 5.38. The van der Waals surface area contributed by atoms with Crippen LogP contribution in [-0.4, -0.2) is 31.6 Å². The molecule has 0 unspecified atom stereocenters. The zero-order valence-corrected chi connectivity index (χ0v) is 18.3. The first kappa shape index (κ1) is 21.1. The van der Waals surface area contributed by atoms with Crippen molar-refractivity contribution in [1.29, 1.82) is 0 Å². The molecule has 6 heteroatoms. The van der Waals surface area contributed by atoms with E-state index < -0.39 is 0 Å². The summed E-state index contributed by atoms with van der Waals surface area (Å²) >= 11 is 0. The number of aromatic nitrogens is 1. The van der Waals surface area contributed by atoms with E-state index in [-0.39, 0.29) is 24.0 Å². The first-order valence-electron chi connectivity index (χ1n) is 8.85. The fourth-order valence-corrected chi connectivity index (χ4v) is 3.11. The van der Waals surface area contributed by atoms with Crippen molar-refractivity contribution < 1.29 is 4.74 Å². The van der Waals surface area contributed by atoms with Crippen molar-refractivity contribution in [2.75, 3.05) is 20.7 Å². The second-order valence-corrected chi connectivity index (χ2v) is 6.22. The third-order valence-electron chi connectivity index (χ3n) is 4.54. The summed E-state index contributed by atoms with van der Waals surface area (Å²) in [4.78, 5) is 7.75. The summed E-state index contributed by atoms with van der Waals surface area (Å²) in [6, 6.07) is 16.5. The van der Waals surface area contributed by atoms with Gasteiger partial charge >= 0.3 is 0 Å². The Morgan fingerprint density at radius 3 is 2.52 bits per heavy atom. The van der Waals surface area contributed by atoms with E-state index in [2.05, 4.69) is 63.9 Å². The molecule has 0 atom stereocenters. The highest BCUT2D eigenvalue weighted by Crippen LogP contribution is 2.21. The lowest BCUT2D eigenvalue weighted by molar-refractivity contribution is 0.414. The highest BCUT2D eigenvalue weighted by atomic mass is 127. The van der Waals surface area contributed by atoms with Gasteiger partial charge in [0, 0.05) is 36.7 Å². The van der Waals surface area contributed by atoms with Gasteiger partial charge in [-0.05, 0) is 42.7 Å². The monoisotopic (exact) mass is 478 g/mol. The van der Waals surface area contributed by atoms with E-state index >= 15 is 0 Å². The molecule has 0 bridgehead atoms. The minimum absolute atomic E-state index is 0. The Labute approximate surface area is 177 Å². The topological polar surface area (TPSA) is 61.4 Å². The number of hydrogen-bond donors (Lipinski definition) is 3. The van der Waals surface area contributed by atoms with E-state index in [1.165, 1.54) is 27.7 Å². The van der Waals surface area contributed by atoms with Crippen molar-refractivity contribution in [3.63, 3.8) is 0 Å². The molecule has 0 radical (unpaired) electrons. The number of hydrogen-bond acceptors (Lipinski definition) is 2. The van der Waals surface area contributed by atoms with Gasteiger partial charge in [-0.25, -0.2) is 0 Å². The molecule has 144 valence electrons. The molecular weight excluding hydrogens is 451 g/mol. The number of guanidine groups is 1. The van der Waals surface area contributed by atoms with Crippen LogP contribution < -0.4 is 15.4 Å². The molecule has 0 aliphatic heterocycles. The molecule has 0 saturated heterocycles. The molecule has 0 fully saturated rings. The van der Waals surface area contributed by atoms with Gasteiger partial charge in [0.15, 0.2) is 5.96 Å². The number of halogens is 1. The van der Waals surface area contributed by atoms with Crippen LogP contribution in [0.1, 0.15) is 16.8 Å². The van der Waals surface area contributed by atoms with Crippen LogP contribution in [0, 0.1) is 6.92 Å². The number of H-pyrrole nitrogens is 1. The smallest absolute Gasteiger partial charge is 0.191 e. The van der Waals surface area contributed by atoms with Crippen LogP contribution in [0.15, 0.2) is 53.5 Å².